The van der Waals surface area contributed by atoms with E-state index in [-0.39, 0.29) is 12.1 Å². The third kappa shape index (κ3) is 3.50. The van der Waals surface area contributed by atoms with Gasteiger partial charge in [0, 0.05) is 26.2 Å². The molecular weight excluding hydrogens is 260 g/mol. The Kier molecular flexibility index (Phi) is 5.00. The number of nitrogens with one attached hydrogen (secondary N) is 1. The number of carbonyl (C=O) groups is 2. The Labute approximate surface area is 118 Å². The molecule has 20 heavy (non-hydrogen) atoms. The van der Waals surface area contributed by atoms with Gasteiger partial charge in [0.2, 0.25) is 0 Å². The third-order valence-electron chi connectivity index (χ3n) is 4.06. The largest absolute Gasteiger partial charge is 0.481 e. The first-order valence-electron chi connectivity index (χ1n) is 7.07. The summed E-state index contributed by atoms with van der Waals surface area (Å²) in [4.78, 5) is 25.0. The van der Waals surface area contributed by atoms with E-state index in [9.17, 15) is 9.59 Å². The first-order chi connectivity index (χ1) is 9.61. The monoisotopic (exact) mass is 282 g/mol. The van der Waals surface area contributed by atoms with Gasteiger partial charge in [-0.2, -0.15) is 0 Å². The number of methoxy groups -OCH3 is 1. The van der Waals surface area contributed by atoms with Crippen molar-refractivity contribution >= 4 is 12.0 Å². The fraction of sp³-hybridized carbons (Fsp3) is 0.714. The summed E-state index contributed by atoms with van der Waals surface area (Å²) in [5.74, 6) is -1.25. The van der Waals surface area contributed by atoms with E-state index in [1.807, 2.05) is 6.08 Å². The van der Waals surface area contributed by atoms with Crippen LogP contribution in [0.15, 0.2) is 11.6 Å². The Morgan fingerprint density at radius 1 is 1.50 bits per heavy atom. The summed E-state index contributed by atoms with van der Waals surface area (Å²) in [6.45, 7) is 1.83. The topological polar surface area (TPSA) is 78.9 Å². The molecule has 0 radical (unpaired) electrons. The maximum absolute atomic E-state index is 12.1. The number of hydrogen-bond donors (Lipinski definition) is 2. The number of ether oxygens (including phenoxy) is 1. The van der Waals surface area contributed by atoms with E-state index >= 15 is 0 Å². The fourth-order valence-corrected chi connectivity index (χ4v) is 2.89. The Morgan fingerprint density at radius 3 is 2.90 bits per heavy atom. The van der Waals surface area contributed by atoms with E-state index in [1.54, 1.807) is 12.0 Å². The second-order valence-corrected chi connectivity index (χ2v) is 5.42. The van der Waals surface area contributed by atoms with Crippen molar-refractivity contribution in [3.8, 4) is 0 Å². The highest BCUT2D eigenvalue weighted by Gasteiger charge is 2.34. The number of nitrogens with zero attached hydrogens (tertiary/aromatic N) is 1. The Bertz CT molecular complexity index is 408. The molecule has 1 heterocycles. The van der Waals surface area contributed by atoms with E-state index in [0.717, 1.165) is 19.3 Å². The zero-order valence-corrected chi connectivity index (χ0v) is 11.8. The Morgan fingerprint density at radius 2 is 2.30 bits per heavy atom. The van der Waals surface area contributed by atoms with Crippen LogP contribution in [0.4, 0.5) is 4.79 Å². The smallest absolute Gasteiger partial charge is 0.317 e. The summed E-state index contributed by atoms with van der Waals surface area (Å²) in [6, 6.07) is -0.389. The van der Waals surface area contributed by atoms with Crippen LogP contribution in [0.5, 0.6) is 0 Å². The number of hydrogen-bond acceptors (Lipinski definition) is 3. The average Bonchev–Trinajstić information content (AvgIpc) is 2.88. The molecule has 6 nitrogen and oxygen atoms in total. The van der Waals surface area contributed by atoms with Crippen LogP contribution >= 0.6 is 0 Å². The van der Waals surface area contributed by atoms with Crippen molar-refractivity contribution < 1.29 is 19.4 Å². The van der Waals surface area contributed by atoms with Gasteiger partial charge >= 0.3 is 12.0 Å². The van der Waals surface area contributed by atoms with E-state index < -0.39 is 11.9 Å². The lowest BCUT2D eigenvalue weighted by Gasteiger charge is -2.28. The summed E-state index contributed by atoms with van der Waals surface area (Å²) in [5, 5.41) is 12.0. The third-order valence-corrected chi connectivity index (χ3v) is 4.06. The van der Waals surface area contributed by atoms with Gasteiger partial charge < -0.3 is 20.1 Å². The minimum Gasteiger partial charge on any atom is -0.481 e. The van der Waals surface area contributed by atoms with Crippen molar-refractivity contribution in [1.29, 1.82) is 0 Å². The normalized spacial score (nSPS) is 26.2. The van der Waals surface area contributed by atoms with Crippen molar-refractivity contribution in [3.05, 3.63) is 11.6 Å². The molecule has 0 bridgehead atoms. The highest BCUT2D eigenvalue weighted by atomic mass is 16.5. The fourth-order valence-electron chi connectivity index (χ4n) is 2.89. The Hall–Kier alpha value is -1.56. The van der Waals surface area contributed by atoms with Gasteiger partial charge in [0.05, 0.1) is 12.5 Å². The van der Waals surface area contributed by atoms with Crippen molar-refractivity contribution in [1.82, 2.24) is 10.2 Å². The SMILES string of the molecule is COCC1=CCN(C(=O)NC2CCCC2C(=O)O)CC1. The van der Waals surface area contributed by atoms with Crippen molar-refractivity contribution in [2.24, 2.45) is 5.92 Å². The van der Waals surface area contributed by atoms with Gasteiger partial charge in [-0.1, -0.05) is 12.5 Å². The van der Waals surface area contributed by atoms with Crippen LogP contribution in [0.3, 0.4) is 0 Å². The zero-order valence-electron chi connectivity index (χ0n) is 11.8. The van der Waals surface area contributed by atoms with Crippen LogP contribution in [0.25, 0.3) is 0 Å². The van der Waals surface area contributed by atoms with Gasteiger partial charge in [-0.15, -0.1) is 0 Å². The predicted molar refractivity (Wildman–Crippen MR) is 73.4 cm³/mol. The van der Waals surface area contributed by atoms with Crippen LogP contribution in [0.2, 0.25) is 0 Å². The van der Waals surface area contributed by atoms with Crippen LogP contribution < -0.4 is 5.32 Å². The van der Waals surface area contributed by atoms with Crippen molar-refractivity contribution in [2.45, 2.75) is 31.7 Å². The minimum atomic E-state index is -0.811. The standard InChI is InChI=1S/C14H22N2O4/c1-20-9-10-5-7-16(8-6-10)14(19)15-12-4-2-3-11(12)13(17)18/h5,11-12H,2-4,6-9H2,1H3,(H,15,19)(H,17,18). The lowest BCUT2D eigenvalue weighted by Crippen LogP contribution is -2.48. The van der Waals surface area contributed by atoms with E-state index in [0.29, 0.717) is 26.1 Å². The zero-order chi connectivity index (χ0) is 14.5. The number of carboxylic acid groups (broad SMARTS) is 1. The molecule has 112 valence electrons. The van der Waals surface area contributed by atoms with E-state index in [1.165, 1.54) is 5.57 Å². The molecule has 0 aromatic rings. The number of carboxylic acids is 1. The van der Waals surface area contributed by atoms with Crippen LogP contribution in [-0.4, -0.2) is 54.9 Å². The molecule has 0 saturated heterocycles. The molecule has 2 N–H and O–H groups in total. The second-order valence-electron chi connectivity index (χ2n) is 5.42. The molecule has 2 atom stereocenters. The number of urea groups is 1. The van der Waals surface area contributed by atoms with Gasteiger partial charge in [0.1, 0.15) is 0 Å². The molecule has 1 aliphatic heterocycles. The van der Waals surface area contributed by atoms with E-state index in [4.69, 9.17) is 9.84 Å². The van der Waals surface area contributed by atoms with Crippen molar-refractivity contribution in [3.63, 3.8) is 0 Å². The summed E-state index contributed by atoms with van der Waals surface area (Å²) in [6.07, 6.45) is 5.09. The highest BCUT2D eigenvalue weighted by Crippen LogP contribution is 2.26. The van der Waals surface area contributed by atoms with Crippen molar-refractivity contribution in [2.75, 3.05) is 26.8 Å². The summed E-state index contributed by atoms with van der Waals surface area (Å²) in [7, 11) is 1.66. The molecule has 6 heteroatoms. The molecule has 1 saturated carbocycles. The molecule has 1 aliphatic carbocycles. The van der Waals surface area contributed by atoms with Crippen LogP contribution in [0, 0.1) is 5.92 Å². The number of carbonyl (C=O) groups excluding carboxylic acids is 1. The number of rotatable bonds is 4. The average molecular weight is 282 g/mol. The molecule has 2 amide bonds. The maximum atomic E-state index is 12.1. The number of amides is 2. The summed E-state index contributed by atoms with van der Waals surface area (Å²) < 4.78 is 5.07. The molecular formula is C14H22N2O4. The molecule has 0 aromatic carbocycles. The summed E-state index contributed by atoms with van der Waals surface area (Å²) in [5.41, 5.74) is 1.21. The lowest BCUT2D eigenvalue weighted by atomic mass is 10.0. The van der Waals surface area contributed by atoms with Gasteiger partial charge in [-0.25, -0.2) is 4.79 Å². The lowest BCUT2D eigenvalue weighted by molar-refractivity contribution is -0.142. The van der Waals surface area contributed by atoms with Gasteiger partial charge in [-0.05, 0) is 24.8 Å². The minimum absolute atomic E-state index is 0.157. The first-order valence-corrected chi connectivity index (χ1v) is 7.07. The van der Waals surface area contributed by atoms with Gasteiger partial charge in [0.15, 0.2) is 0 Å². The Balaban J connectivity index is 1.85. The number of aliphatic carboxylic acids is 1. The van der Waals surface area contributed by atoms with Gasteiger partial charge in [-0.3, -0.25) is 4.79 Å². The predicted octanol–water partition coefficient (Wildman–Crippen LogP) is 1.23. The van der Waals surface area contributed by atoms with Crippen LogP contribution in [-0.2, 0) is 9.53 Å². The highest BCUT2D eigenvalue weighted by molar-refractivity contribution is 5.77. The first kappa shape index (κ1) is 14.8. The molecule has 0 aromatic heterocycles. The maximum Gasteiger partial charge on any atom is 0.317 e. The molecule has 1 fully saturated rings. The molecule has 2 aliphatic rings. The van der Waals surface area contributed by atoms with E-state index in [2.05, 4.69) is 5.32 Å². The van der Waals surface area contributed by atoms with Crippen LogP contribution in [0.1, 0.15) is 25.7 Å². The summed E-state index contributed by atoms with van der Waals surface area (Å²) >= 11 is 0. The second kappa shape index (κ2) is 6.74. The molecule has 0 spiro atoms. The molecule has 2 rings (SSSR count). The quantitative estimate of drug-likeness (QED) is 0.760. The molecule has 2 unspecified atom stereocenters. The van der Waals surface area contributed by atoms with Gasteiger partial charge in [0.25, 0.3) is 0 Å².